The Bertz CT molecular complexity index is 897. The summed E-state index contributed by atoms with van der Waals surface area (Å²) in [6, 6.07) is 12.0. The van der Waals surface area contributed by atoms with E-state index in [1.54, 1.807) is 18.2 Å². The van der Waals surface area contributed by atoms with Gasteiger partial charge in [-0.2, -0.15) is 0 Å². The monoisotopic (exact) mass is 449 g/mol. The number of amides is 3. The zero-order valence-corrected chi connectivity index (χ0v) is 17.6. The standard InChI is InChI=1S/C22H25ClFN3O4/c23-15-7-5-14(6-8-15)12-25-21(29)11-16-9-10-19(20(13-28)31-16)27-22(30)26-18-4-2-1-3-17(18)24/h1-8,16,19-20,28H,9-13H2,(H,25,29)(H2,26,27,30)/t16-,19-,20-/m0/s1. The zero-order chi connectivity index (χ0) is 22.2. The number of hydrogen-bond acceptors (Lipinski definition) is 4. The molecule has 1 aliphatic rings. The van der Waals surface area contributed by atoms with Crippen LogP contribution < -0.4 is 16.0 Å². The third-order valence-electron chi connectivity index (χ3n) is 5.05. The van der Waals surface area contributed by atoms with Crippen LogP contribution in [0.3, 0.4) is 0 Å². The minimum Gasteiger partial charge on any atom is -0.394 e. The molecule has 9 heteroatoms. The maximum Gasteiger partial charge on any atom is 0.319 e. The Morgan fingerprint density at radius 1 is 1.13 bits per heavy atom. The van der Waals surface area contributed by atoms with Gasteiger partial charge in [0.15, 0.2) is 0 Å². The highest BCUT2D eigenvalue weighted by molar-refractivity contribution is 6.30. The van der Waals surface area contributed by atoms with Gasteiger partial charge in [-0.25, -0.2) is 9.18 Å². The van der Waals surface area contributed by atoms with E-state index >= 15 is 0 Å². The van der Waals surface area contributed by atoms with Crippen molar-refractivity contribution in [3.8, 4) is 0 Å². The van der Waals surface area contributed by atoms with Crippen molar-refractivity contribution >= 4 is 29.2 Å². The van der Waals surface area contributed by atoms with Gasteiger partial charge in [-0.3, -0.25) is 4.79 Å². The summed E-state index contributed by atoms with van der Waals surface area (Å²) in [5, 5.41) is 18.3. The molecular formula is C22H25ClFN3O4. The van der Waals surface area contributed by atoms with Crippen molar-refractivity contribution in [1.82, 2.24) is 10.6 Å². The maximum absolute atomic E-state index is 13.7. The van der Waals surface area contributed by atoms with Crippen LogP contribution in [0, 0.1) is 5.82 Å². The van der Waals surface area contributed by atoms with Crippen LogP contribution in [0.25, 0.3) is 0 Å². The molecule has 7 nitrogen and oxygen atoms in total. The molecule has 0 aliphatic carbocycles. The van der Waals surface area contributed by atoms with Crippen molar-refractivity contribution in [3.63, 3.8) is 0 Å². The minimum absolute atomic E-state index is 0.0625. The van der Waals surface area contributed by atoms with E-state index in [1.165, 1.54) is 18.2 Å². The summed E-state index contributed by atoms with van der Waals surface area (Å²) in [5.74, 6) is -0.707. The summed E-state index contributed by atoms with van der Waals surface area (Å²) >= 11 is 5.85. The highest BCUT2D eigenvalue weighted by Gasteiger charge is 2.33. The van der Waals surface area contributed by atoms with Gasteiger partial charge in [-0.15, -0.1) is 0 Å². The number of hydrogen-bond donors (Lipinski definition) is 4. The van der Waals surface area contributed by atoms with Crippen molar-refractivity contribution in [2.24, 2.45) is 0 Å². The lowest BCUT2D eigenvalue weighted by molar-refractivity contribution is -0.130. The maximum atomic E-state index is 13.7. The van der Waals surface area contributed by atoms with Crippen molar-refractivity contribution in [2.45, 2.75) is 44.1 Å². The molecule has 0 bridgehead atoms. The lowest BCUT2D eigenvalue weighted by Crippen LogP contribution is -2.52. The first-order valence-electron chi connectivity index (χ1n) is 10.0. The summed E-state index contributed by atoms with van der Waals surface area (Å²) in [4.78, 5) is 24.4. The molecule has 0 radical (unpaired) electrons. The molecule has 3 rings (SSSR count). The smallest absolute Gasteiger partial charge is 0.319 e. The quantitative estimate of drug-likeness (QED) is 0.521. The summed E-state index contributed by atoms with van der Waals surface area (Å²) in [7, 11) is 0. The van der Waals surface area contributed by atoms with E-state index in [0.717, 1.165) is 5.56 Å². The third-order valence-corrected chi connectivity index (χ3v) is 5.30. The second kappa shape index (κ2) is 11.1. The lowest BCUT2D eigenvalue weighted by Gasteiger charge is -2.35. The minimum atomic E-state index is -0.658. The van der Waals surface area contributed by atoms with Gasteiger partial charge >= 0.3 is 6.03 Å². The Labute approximate surface area is 184 Å². The molecule has 1 fully saturated rings. The predicted molar refractivity (Wildman–Crippen MR) is 115 cm³/mol. The molecule has 1 saturated heterocycles. The van der Waals surface area contributed by atoms with Crippen LogP contribution in [-0.2, 0) is 16.1 Å². The van der Waals surface area contributed by atoms with Crippen LogP contribution >= 0.6 is 11.6 Å². The molecule has 4 N–H and O–H groups in total. The summed E-state index contributed by atoms with van der Waals surface area (Å²) in [6.45, 7) is 0.0695. The largest absolute Gasteiger partial charge is 0.394 e. The number of urea groups is 1. The van der Waals surface area contributed by atoms with Crippen molar-refractivity contribution in [1.29, 1.82) is 0 Å². The van der Waals surface area contributed by atoms with E-state index in [9.17, 15) is 19.1 Å². The molecule has 0 spiro atoms. The second-order valence-corrected chi connectivity index (χ2v) is 7.79. The van der Waals surface area contributed by atoms with Gasteiger partial charge in [0, 0.05) is 11.6 Å². The van der Waals surface area contributed by atoms with Gasteiger partial charge in [0.1, 0.15) is 11.9 Å². The van der Waals surface area contributed by atoms with Gasteiger partial charge in [0.05, 0.1) is 30.9 Å². The van der Waals surface area contributed by atoms with E-state index in [0.29, 0.717) is 24.4 Å². The van der Waals surface area contributed by atoms with E-state index in [1.807, 2.05) is 12.1 Å². The molecule has 0 unspecified atom stereocenters. The number of carbonyl (C=O) groups is 2. The van der Waals surface area contributed by atoms with Crippen LogP contribution in [0.2, 0.25) is 5.02 Å². The van der Waals surface area contributed by atoms with Crippen molar-refractivity contribution in [2.75, 3.05) is 11.9 Å². The molecular weight excluding hydrogens is 425 g/mol. The van der Waals surface area contributed by atoms with Crippen LogP contribution in [0.15, 0.2) is 48.5 Å². The number of carbonyl (C=O) groups excluding carboxylic acids is 2. The van der Waals surface area contributed by atoms with Gasteiger partial charge in [0.2, 0.25) is 5.91 Å². The molecule has 0 aromatic heterocycles. The molecule has 3 amide bonds. The fraction of sp³-hybridized carbons (Fsp3) is 0.364. The average Bonchev–Trinajstić information content (AvgIpc) is 2.76. The molecule has 3 atom stereocenters. The number of para-hydroxylation sites is 1. The fourth-order valence-electron chi connectivity index (χ4n) is 3.42. The van der Waals surface area contributed by atoms with Gasteiger partial charge in [-0.05, 0) is 42.7 Å². The normalized spacial score (nSPS) is 20.7. The molecule has 1 aliphatic heterocycles. The van der Waals surface area contributed by atoms with E-state index < -0.39 is 24.0 Å². The van der Waals surface area contributed by atoms with Gasteiger partial charge in [0.25, 0.3) is 0 Å². The molecule has 31 heavy (non-hydrogen) atoms. The first-order valence-corrected chi connectivity index (χ1v) is 10.4. The Balaban J connectivity index is 1.45. The number of aliphatic hydroxyl groups is 1. The van der Waals surface area contributed by atoms with Gasteiger partial charge < -0.3 is 25.8 Å². The average molecular weight is 450 g/mol. The summed E-state index contributed by atoms with van der Waals surface area (Å²) in [5.41, 5.74) is 0.994. The SMILES string of the molecule is O=C(C[C@@H]1CC[C@H](NC(=O)Nc2ccccc2F)[C@H](CO)O1)NCc1ccc(Cl)cc1. The molecule has 2 aromatic carbocycles. The fourth-order valence-corrected chi connectivity index (χ4v) is 3.54. The van der Waals surface area contributed by atoms with Crippen LogP contribution in [-0.4, -0.2) is 41.9 Å². The first kappa shape index (κ1) is 23.0. The number of aliphatic hydroxyl groups excluding tert-OH is 1. The Kier molecular flexibility index (Phi) is 8.22. The second-order valence-electron chi connectivity index (χ2n) is 7.35. The number of benzene rings is 2. The van der Waals surface area contributed by atoms with E-state index in [-0.39, 0.29) is 30.7 Å². The van der Waals surface area contributed by atoms with Crippen molar-refractivity contribution in [3.05, 3.63) is 64.9 Å². The van der Waals surface area contributed by atoms with E-state index in [4.69, 9.17) is 16.3 Å². The summed E-state index contributed by atoms with van der Waals surface area (Å²) in [6.07, 6.45) is 0.183. The molecule has 2 aromatic rings. The number of rotatable bonds is 7. The Morgan fingerprint density at radius 2 is 1.87 bits per heavy atom. The van der Waals surface area contributed by atoms with Crippen LogP contribution in [0.4, 0.5) is 14.9 Å². The van der Waals surface area contributed by atoms with E-state index in [2.05, 4.69) is 16.0 Å². The highest BCUT2D eigenvalue weighted by Crippen LogP contribution is 2.22. The molecule has 166 valence electrons. The van der Waals surface area contributed by atoms with Crippen LogP contribution in [0.1, 0.15) is 24.8 Å². The Hall–Kier alpha value is -2.68. The predicted octanol–water partition coefficient (Wildman–Crippen LogP) is 3.22. The molecule has 0 saturated carbocycles. The topological polar surface area (TPSA) is 99.7 Å². The highest BCUT2D eigenvalue weighted by atomic mass is 35.5. The lowest BCUT2D eigenvalue weighted by atomic mass is 9.97. The third kappa shape index (κ3) is 6.92. The molecule has 1 heterocycles. The van der Waals surface area contributed by atoms with Gasteiger partial charge in [-0.1, -0.05) is 35.9 Å². The first-order chi connectivity index (χ1) is 14.9. The number of nitrogens with one attached hydrogen (secondary N) is 3. The van der Waals surface area contributed by atoms with Crippen molar-refractivity contribution < 1.29 is 23.8 Å². The number of anilines is 1. The summed E-state index contributed by atoms with van der Waals surface area (Å²) < 4.78 is 19.5. The Morgan fingerprint density at radius 3 is 2.58 bits per heavy atom. The number of ether oxygens (including phenoxy) is 1. The van der Waals surface area contributed by atoms with Crippen LogP contribution in [0.5, 0.6) is 0 Å². The number of halogens is 2. The zero-order valence-electron chi connectivity index (χ0n) is 16.8.